The summed E-state index contributed by atoms with van der Waals surface area (Å²) in [6.45, 7) is 6.35. The van der Waals surface area contributed by atoms with Gasteiger partial charge in [-0.05, 0) is 30.5 Å². The highest BCUT2D eigenvalue weighted by Crippen LogP contribution is 2.26. The molecular weight excluding hydrogens is 261 g/mol. The van der Waals surface area contributed by atoms with Crippen molar-refractivity contribution in [2.24, 2.45) is 11.7 Å². The predicted molar refractivity (Wildman–Crippen MR) is 67.8 cm³/mol. The first-order valence-corrected chi connectivity index (χ1v) is 5.29. The van der Waals surface area contributed by atoms with Crippen LogP contribution in [0.5, 0.6) is 0 Å². The maximum absolute atomic E-state index is 6.22. The fourth-order valence-corrected chi connectivity index (χ4v) is 1.41. The van der Waals surface area contributed by atoms with Gasteiger partial charge in [0.2, 0.25) is 0 Å². The highest BCUT2D eigenvalue weighted by molar-refractivity contribution is 9.10. The van der Waals surface area contributed by atoms with Crippen molar-refractivity contribution in [1.29, 1.82) is 0 Å². The SMILES string of the molecule is CC(C)C(C)(N)c1ccc(Br)cc1.Cl. The van der Waals surface area contributed by atoms with Crippen LogP contribution in [0.1, 0.15) is 26.3 Å². The summed E-state index contributed by atoms with van der Waals surface area (Å²) in [5, 5.41) is 0. The van der Waals surface area contributed by atoms with Crippen LogP contribution < -0.4 is 5.73 Å². The van der Waals surface area contributed by atoms with E-state index in [1.807, 2.05) is 12.1 Å². The first-order chi connectivity index (χ1) is 5.94. The van der Waals surface area contributed by atoms with Crippen molar-refractivity contribution < 1.29 is 0 Å². The van der Waals surface area contributed by atoms with E-state index >= 15 is 0 Å². The molecule has 0 saturated heterocycles. The zero-order valence-electron chi connectivity index (χ0n) is 8.75. The van der Waals surface area contributed by atoms with Crippen LogP contribution in [-0.4, -0.2) is 0 Å². The van der Waals surface area contributed by atoms with Gasteiger partial charge in [-0.3, -0.25) is 0 Å². The van der Waals surface area contributed by atoms with E-state index in [2.05, 4.69) is 48.8 Å². The summed E-state index contributed by atoms with van der Waals surface area (Å²) in [6.07, 6.45) is 0. The molecule has 0 bridgehead atoms. The fraction of sp³-hybridized carbons (Fsp3) is 0.455. The monoisotopic (exact) mass is 277 g/mol. The third-order valence-corrected chi connectivity index (χ3v) is 3.19. The standard InChI is InChI=1S/C11H16BrN.ClH/c1-8(2)11(3,13)9-4-6-10(12)7-5-9;/h4-8H,13H2,1-3H3;1H. The number of halogens is 2. The highest BCUT2D eigenvalue weighted by atomic mass is 79.9. The Hall–Kier alpha value is -0.0500. The lowest BCUT2D eigenvalue weighted by Gasteiger charge is -2.29. The van der Waals surface area contributed by atoms with Gasteiger partial charge < -0.3 is 5.73 Å². The number of hydrogen-bond donors (Lipinski definition) is 1. The van der Waals surface area contributed by atoms with Gasteiger partial charge in [0, 0.05) is 10.0 Å². The van der Waals surface area contributed by atoms with Gasteiger partial charge in [0.1, 0.15) is 0 Å². The van der Waals surface area contributed by atoms with Crippen LogP contribution >= 0.6 is 28.3 Å². The third-order valence-electron chi connectivity index (χ3n) is 2.67. The number of rotatable bonds is 2. The minimum Gasteiger partial charge on any atom is -0.321 e. The van der Waals surface area contributed by atoms with Gasteiger partial charge in [-0.1, -0.05) is 41.9 Å². The Labute approximate surface area is 101 Å². The zero-order chi connectivity index (χ0) is 10.1. The van der Waals surface area contributed by atoms with Crippen molar-refractivity contribution in [3.63, 3.8) is 0 Å². The molecule has 0 aromatic heterocycles. The Balaban J connectivity index is 0.00000169. The maximum Gasteiger partial charge on any atom is 0.0404 e. The molecule has 0 aliphatic heterocycles. The van der Waals surface area contributed by atoms with Gasteiger partial charge in [-0.15, -0.1) is 12.4 Å². The molecule has 1 aromatic rings. The minimum absolute atomic E-state index is 0. The lowest BCUT2D eigenvalue weighted by atomic mass is 9.83. The average Bonchev–Trinajstić information content (AvgIpc) is 2.04. The van der Waals surface area contributed by atoms with E-state index in [1.165, 1.54) is 5.56 Å². The first-order valence-electron chi connectivity index (χ1n) is 4.49. The van der Waals surface area contributed by atoms with E-state index < -0.39 is 0 Å². The average molecular weight is 279 g/mol. The van der Waals surface area contributed by atoms with Gasteiger partial charge in [-0.25, -0.2) is 0 Å². The highest BCUT2D eigenvalue weighted by Gasteiger charge is 2.24. The summed E-state index contributed by atoms with van der Waals surface area (Å²) >= 11 is 3.41. The first kappa shape index (κ1) is 13.9. The summed E-state index contributed by atoms with van der Waals surface area (Å²) in [6, 6.07) is 8.21. The molecule has 0 amide bonds. The number of benzene rings is 1. The molecule has 0 radical (unpaired) electrons. The second kappa shape index (κ2) is 5.15. The Morgan fingerprint density at radius 2 is 1.64 bits per heavy atom. The van der Waals surface area contributed by atoms with Crippen molar-refractivity contribution in [3.8, 4) is 0 Å². The molecule has 14 heavy (non-hydrogen) atoms. The van der Waals surface area contributed by atoms with Crippen molar-refractivity contribution >= 4 is 28.3 Å². The van der Waals surface area contributed by atoms with E-state index in [4.69, 9.17) is 5.73 Å². The molecule has 1 rings (SSSR count). The molecule has 0 spiro atoms. The third kappa shape index (κ3) is 2.97. The van der Waals surface area contributed by atoms with Crippen LogP contribution in [0.25, 0.3) is 0 Å². The van der Waals surface area contributed by atoms with Crippen LogP contribution in [-0.2, 0) is 5.54 Å². The molecule has 3 heteroatoms. The maximum atomic E-state index is 6.22. The van der Waals surface area contributed by atoms with Gasteiger partial charge in [0.05, 0.1) is 0 Å². The van der Waals surface area contributed by atoms with E-state index in [0.717, 1.165) is 4.47 Å². The largest absolute Gasteiger partial charge is 0.321 e. The lowest BCUT2D eigenvalue weighted by Crippen LogP contribution is -2.38. The minimum atomic E-state index is -0.235. The Morgan fingerprint density at radius 3 is 2.00 bits per heavy atom. The van der Waals surface area contributed by atoms with Crippen LogP contribution in [0.15, 0.2) is 28.7 Å². The molecule has 0 saturated carbocycles. The summed E-state index contributed by atoms with van der Waals surface area (Å²) < 4.78 is 1.09. The molecule has 2 N–H and O–H groups in total. The summed E-state index contributed by atoms with van der Waals surface area (Å²) in [5.74, 6) is 0.439. The lowest BCUT2D eigenvalue weighted by molar-refractivity contribution is 0.350. The van der Waals surface area contributed by atoms with Gasteiger partial charge in [0.15, 0.2) is 0 Å². The molecule has 0 heterocycles. The van der Waals surface area contributed by atoms with Crippen molar-refractivity contribution in [1.82, 2.24) is 0 Å². The molecule has 0 aliphatic rings. The summed E-state index contributed by atoms with van der Waals surface area (Å²) in [5.41, 5.74) is 7.17. The number of nitrogens with two attached hydrogens (primary N) is 1. The molecule has 0 aliphatic carbocycles. The van der Waals surface area contributed by atoms with E-state index in [-0.39, 0.29) is 17.9 Å². The van der Waals surface area contributed by atoms with Gasteiger partial charge in [-0.2, -0.15) is 0 Å². The second-order valence-electron chi connectivity index (χ2n) is 3.94. The quantitative estimate of drug-likeness (QED) is 0.877. The van der Waals surface area contributed by atoms with Crippen LogP contribution in [0, 0.1) is 5.92 Å². The molecule has 1 aromatic carbocycles. The van der Waals surface area contributed by atoms with E-state index in [1.54, 1.807) is 0 Å². The molecule has 80 valence electrons. The molecular formula is C11H17BrClN. The van der Waals surface area contributed by atoms with Gasteiger partial charge >= 0.3 is 0 Å². The van der Waals surface area contributed by atoms with Gasteiger partial charge in [0.25, 0.3) is 0 Å². The fourth-order valence-electron chi connectivity index (χ4n) is 1.14. The molecule has 1 nitrogen and oxygen atoms in total. The summed E-state index contributed by atoms with van der Waals surface area (Å²) in [4.78, 5) is 0. The smallest absolute Gasteiger partial charge is 0.0404 e. The van der Waals surface area contributed by atoms with Crippen LogP contribution in [0.4, 0.5) is 0 Å². The predicted octanol–water partition coefficient (Wildman–Crippen LogP) is 3.70. The topological polar surface area (TPSA) is 26.0 Å². The van der Waals surface area contributed by atoms with E-state index in [0.29, 0.717) is 5.92 Å². The van der Waals surface area contributed by atoms with Crippen molar-refractivity contribution in [3.05, 3.63) is 34.3 Å². The number of hydrogen-bond acceptors (Lipinski definition) is 1. The molecule has 1 atom stereocenters. The van der Waals surface area contributed by atoms with Crippen LogP contribution in [0.3, 0.4) is 0 Å². The molecule has 1 unspecified atom stereocenters. The van der Waals surface area contributed by atoms with Crippen LogP contribution in [0.2, 0.25) is 0 Å². The zero-order valence-corrected chi connectivity index (χ0v) is 11.2. The van der Waals surface area contributed by atoms with Crippen molar-refractivity contribution in [2.45, 2.75) is 26.3 Å². The Kier molecular flexibility index (Phi) is 5.13. The van der Waals surface area contributed by atoms with Crippen molar-refractivity contribution in [2.75, 3.05) is 0 Å². The Morgan fingerprint density at radius 1 is 1.21 bits per heavy atom. The Bertz CT molecular complexity index is 280. The molecule has 0 fully saturated rings. The summed E-state index contributed by atoms with van der Waals surface area (Å²) in [7, 11) is 0. The second-order valence-corrected chi connectivity index (χ2v) is 4.86. The van der Waals surface area contributed by atoms with E-state index in [9.17, 15) is 0 Å². The normalized spacial score (nSPS) is 14.7.